The van der Waals surface area contributed by atoms with Crippen molar-refractivity contribution in [1.82, 2.24) is 15.5 Å². The van der Waals surface area contributed by atoms with Crippen molar-refractivity contribution in [3.63, 3.8) is 0 Å². The molecule has 1 aliphatic carbocycles. The second kappa shape index (κ2) is 6.76. The van der Waals surface area contributed by atoms with Crippen LogP contribution in [-0.4, -0.2) is 27.6 Å². The van der Waals surface area contributed by atoms with Crippen molar-refractivity contribution >= 4 is 17.7 Å². The number of nitrogens with one attached hydrogen (secondary N) is 1. The van der Waals surface area contributed by atoms with Gasteiger partial charge in [-0.05, 0) is 36.6 Å². The number of hydrogen-bond acceptors (Lipinski definition) is 5. The third-order valence-corrected chi connectivity index (χ3v) is 4.38. The summed E-state index contributed by atoms with van der Waals surface area (Å²) in [7, 11) is 0. The molecule has 0 saturated heterocycles. The predicted molar refractivity (Wildman–Crippen MR) is 81.6 cm³/mol. The number of carbonyl (C=O) groups is 1. The van der Waals surface area contributed by atoms with E-state index >= 15 is 0 Å². The molecule has 0 bridgehead atoms. The Morgan fingerprint density at radius 3 is 2.86 bits per heavy atom. The average Bonchev–Trinajstić information content (AvgIpc) is 3.21. The Labute approximate surface area is 127 Å². The van der Waals surface area contributed by atoms with Gasteiger partial charge in [-0.2, -0.15) is 11.8 Å². The zero-order valence-corrected chi connectivity index (χ0v) is 12.4. The molecule has 3 rings (SSSR count). The van der Waals surface area contributed by atoms with E-state index in [1.165, 1.54) is 12.8 Å². The summed E-state index contributed by atoms with van der Waals surface area (Å²) in [5, 5.41) is 10.7. The Hall–Kier alpha value is -1.82. The van der Waals surface area contributed by atoms with Crippen molar-refractivity contribution in [2.24, 2.45) is 5.92 Å². The molecule has 1 aromatic carbocycles. The number of aromatic nitrogens is 2. The van der Waals surface area contributed by atoms with E-state index in [1.807, 2.05) is 30.3 Å². The van der Waals surface area contributed by atoms with Gasteiger partial charge in [-0.1, -0.05) is 18.2 Å². The molecule has 0 spiro atoms. The van der Waals surface area contributed by atoms with Crippen LogP contribution >= 0.6 is 11.8 Å². The lowest BCUT2D eigenvalue weighted by atomic mass is 10.2. The zero-order chi connectivity index (χ0) is 14.5. The number of amides is 1. The molecule has 0 atom stereocenters. The van der Waals surface area contributed by atoms with E-state index in [-0.39, 0.29) is 12.5 Å². The van der Waals surface area contributed by atoms with Crippen LogP contribution < -0.4 is 5.32 Å². The number of nitrogens with zero attached hydrogens (tertiary/aromatic N) is 2. The van der Waals surface area contributed by atoms with Crippen molar-refractivity contribution < 1.29 is 9.21 Å². The predicted octanol–water partition coefficient (Wildman–Crippen LogP) is 2.50. The summed E-state index contributed by atoms with van der Waals surface area (Å²) in [6, 6.07) is 9.57. The highest BCUT2D eigenvalue weighted by Gasteiger charge is 2.21. The van der Waals surface area contributed by atoms with Crippen LogP contribution in [-0.2, 0) is 11.3 Å². The lowest BCUT2D eigenvalue weighted by Crippen LogP contribution is -2.24. The van der Waals surface area contributed by atoms with Gasteiger partial charge < -0.3 is 9.73 Å². The first-order valence-corrected chi connectivity index (χ1v) is 8.19. The van der Waals surface area contributed by atoms with Crippen LogP contribution in [0.5, 0.6) is 0 Å². The Morgan fingerprint density at radius 2 is 2.10 bits per heavy atom. The van der Waals surface area contributed by atoms with Crippen molar-refractivity contribution in [2.45, 2.75) is 19.4 Å². The standard InChI is InChI=1S/C15H17N3O2S/c19-13(10-21-9-11-6-7-11)16-8-14-17-18-15(20-14)12-4-2-1-3-5-12/h1-5,11H,6-10H2,(H,16,19). The molecule has 1 fully saturated rings. The van der Waals surface area contributed by atoms with E-state index in [0.29, 0.717) is 17.5 Å². The van der Waals surface area contributed by atoms with Crippen molar-refractivity contribution in [2.75, 3.05) is 11.5 Å². The van der Waals surface area contributed by atoms with E-state index in [1.54, 1.807) is 11.8 Å². The third kappa shape index (κ3) is 4.32. The van der Waals surface area contributed by atoms with E-state index in [2.05, 4.69) is 15.5 Å². The smallest absolute Gasteiger partial charge is 0.247 e. The molecule has 1 heterocycles. The molecule has 0 unspecified atom stereocenters. The van der Waals surface area contributed by atoms with E-state index in [9.17, 15) is 4.79 Å². The highest BCUT2D eigenvalue weighted by molar-refractivity contribution is 7.99. The summed E-state index contributed by atoms with van der Waals surface area (Å²) < 4.78 is 5.53. The molecule has 1 saturated carbocycles. The Kier molecular flexibility index (Phi) is 4.55. The van der Waals surface area contributed by atoms with Crippen molar-refractivity contribution in [1.29, 1.82) is 0 Å². The summed E-state index contributed by atoms with van der Waals surface area (Å²) in [6.07, 6.45) is 2.64. The maximum Gasteiger partial charge on any atom is 0.247 e. The lowest BCUT2D eigenvalue weighted by Gasteiger charge is -2.01. The Morgan fingerprint density at radius 1 is 1.29 bits per heavy atom. The van der Waals surface area contributed by atoms with Gasteiger partial charge in [0.15, 0.2) is 0 Å². The van der Waals surface area contributed by atoms with Gasteiger partial charge in [-0.15, -0.1) is 10.2 Å². The van der Waals surface area contributed by atoms with Crippen molar-refractivity contribution in [3.8, 4) is 11.5 Å². The van der Waals surface area contributed by atoms with Gasteiger partial charge in [0.05, 0.1) is 12.3 Å². The van der Waals surface area contributed by atoms with Crippen LogP contribution in [0, 0.1) is 5.92 Å². The molecule has 1 aliphatic rings. The minimum absolute atomic E-state index is 0.0140. The largest absolute Gasteiger partial charge is 0.419 e. The molecule has 21 heavy (non-hydrogen) atoms. The second-order valence-electron chi connectivity index (χ2n) is 5.10. The van der Waals surface area contributed by atoms with Crippen molar-refractivity contribution in [3.05, 3.63) is 36.2 Å². The number of benzene rings is 1. The number of hydrogen-bond donors (Lipinski definition) is 1. The van der Waals surface area contributed by atoms with Crippen LogP contribution in [0.2, 0.25) is 0 Å². The Bertz CT molecular complexity index is 596. The van der Waals surface area contributed by atoms with Crippen LogP contribution in [0.1, 0.15) is 18.7 Å². The minimum atomic E-state index is 0.0140. The maximum atomic E-state index is 11.7. The number of rotatable bonds is 7. The summed E-state index contributed by atoms with van der Waals surface area (Å²) >= 11 is 1.69. The maximum absolute atomic E-state index is 11.7. The molecule has 6 heteroatoms. The van der Waals surface area contributed by atoms with Crippen LogP contribution in [0.15, 0.2) is 34.7 Å². The normalized spacial score (nSPS) is 14.1. The summed E-state index contributed by atoms with van der Waals surface area (Å²) in [5.41, 5.74) is 0.877. The number of thioether (sulfide) groups is 1. The molecular formula is C15H17N3O2S. The van der Waals surface area contributed by atoms with Gasteiger partial charge in [0.1, 0.15) is 0 Å². The molecule has 110 valence electrons. The molecular weight excluding hydrogens is 286 g/mol. The molecule has 1 N–H and O–H groups in total. The van der Waals surface area contributed by atoms with Crippen LogP contribution in [0.4, 0.5) is 0 Å². The topological polar surface area (TPSA) is 68.0 Å². The van der Waals surface area contributed by atoms with Crippen LogP contribution in [0.25, 0.3) is 11.5 Å². The highest BCUT2D eigenvalue weighted by atomic mass is 32.2. The number of carbonyl (C=O) groups excluding carboxylic acids is 1. The minimum Gasteiger partial charge on any atom is -0.419 e. The molecule has 5 nitrogen and oxygen atoms in total. The fourth-order valence-electron chi connectivity index (χ4n) is 1.85. The van der Waals surface area contributed by atoms with E-state index < -0.39 is 0 Å². The molecule has 0 radical (unpaired) electrons. The molecule has 1 amide bonds. The lowest BCUT2D eigenvalue weighted by molar-refractivity contribution is -0.118. The first-order valence-electron chi connectivity index (χ1n) is 7.03. The van der Waals surface area contributed by atoms with Gasteiger partial charge in [0.2, 0.25) is 17.7 Å². The molecule has 2 aromatic rings. The van der Waals surface area contributed by atoms with Gasteiger partial charge in [-0.3, -0.25) is 4.79 Å². The fraction of sp³-hybridized carbons (Fsp3) is 0.400. The van der Waals surface area contributed by atoms with Crippen LogP contribution in [0.3, 0.4) is 0 Å². The third-order valence-electron chi connectivity index (χ3n) is 3.21. The second-order valence-corrected chi connectivity index (χ2v) is 6.13. The van der Waals surface area contributed by atoms with Gasteiger partial charge >= 0.3 is 0 Å². The van der Waals surface area contributed by atoms with E-state index in [0.717, 1.165) is 17.2 Å². The first-order chi connectivity index (χ1) is 10.3. The van der Waals surface area contributed by atoms with Gasteiger partial charge in [-0.25, -0.2) is 0 Å². The Balaban J connectivity index is 1.44. The zero-order valence-electron chi connectivity index (χ0n) is 11.6. The quantitative estimate of drug-likeness (QED) is 0.851. The summed E-state index contributed by atoms with van der Waals surface area (Å²) in [4.78, 5) is 11.7. The van der Waals surface area contributed by atoms with E-state index in [4.69, 9.17) is 4.42 Å². The average molecular weight is 303 g/mol. The molecule has 0 aliphatic heterocycles. The summed E-state index contributed by atoms with van der Waals surface area (Å²) in [6.45, 7) is 0.280. The van der Waals surface area contributed by atoms with Gasteiger partial charge in [0.25, 0.3) is 0 Å². The molecule has 1 aromatic heterocycles. The first kappa shape index (κ1) is 14.1. The monoisotopic (exact) mass is 303 g/mol. The SMILES string of the molecule is O=C(CSCC1CC1)NCc1nnc(-c2ccccc2)o1. The van der Waals surface area contributed by atoms with Gasteiger partial charge in [0, 0.05) is 5.56 Å². The fourth-order valence-corrected chi connectivity index (χ4v) is 2.92. The highest BCUT2D eigenvalue weighted by Crippen LogP contribution is 2.32. The summed E-state index contributed by atoms with van der Waals surface area (Å²) in [5.74, 6) is 3.34.